The van der Waals surface area contributed by atoms with E-state index in [0.717, 1.165) is 11.8 Å². The van der Waals surface area contributed by atoms with Gasteiger partial charge in [0.25, 0.3) is 0 Å². The summed E-state index contributed by atoms with van der Waals surface area (Å²) in [6, 6.07) is 7.12. The van der Waals surface area contributed by atoms with Crippen molar-refractivity contribution in [1.82, 2.24) is 0 Å². The SMILES string of the molecule is O=CC1Cc2ccccc2C(O)(O)C1. The lowest BCUT2D eigenvalue weighted by Gasteiger charge is -2.32. The van der Waals surface area contributed by atoms with Gasteiger partial charge < -0.3 is 15.0 Å². The lowest BCUT2D eigenvalue weighted by molar-refractivity contribution is -0.187. The van der Waals surface area contributed by atoms with Crippen LogP contribution in [0.3, 0.4) is 0 Å². The van der Waals surface area contributed by atoms with Gasteiger partial charge in [-0.25, -0.2) is 0 Å². The summed E-state index contributed by atoms with van der Waals surface area (Å²) in [4.78, 5) is 10.6. The molecule has 2 rings (SSSR count). The van der Waals surface area contributed by atoms with E-state index < -0.39 is 5.79 Å². The maximum Gasteiger partial charge on any atom is 0.190 e. The van der Waals surface area contributed by atoms with Crippen molar-refractivity contribution in [1.29, 1.82) is 0 Å². The van der Waals surface area contributed by atoms with E-state index in [9.17, 15) is 15.0 Å². The number of rotatable bonds is 1. The van der Waals surface area contributed by atoms with Crippen molar-refractivity contribution < 1.29 is 15.0 Å². The molecule has 1 aliphatic rings. The third-order valence-corrected chi connectivity index (χ3v) is 2.67. The van der Waals surface area contributed by atoms with Gasteiger partial charge in [0.1, 0.15) is 6.29 Å². The third kappa shape index (κ3) is 1.45. The second kappa shape index (κ2) is 3.19. The summed E-state index contributed by atoms with van der Waals surface area (Å²) in [5.41, 5.74) is 1.37. The van der Waals surface area contributed by atoms with Gasteiger partial charge in [0.15, 0.2) is 5.79 Å². The van der Waals surface area contributed by atoms with Crippen molar-refractivity contribution in [3.8, 4) is 0 Å². The number of carbonyl (C=O) groups excluding carboxylic acids is 1. The summed E-state index contributed by atoms with van der Waals surface area (Å²) in [5, 5.41) is 19.4. The Morgan fingerprint density at radius 2 is 2.07 bits per heavy atom. The number of fused-ring (bicyclic) bond motifs is 1. The number of hydrogen-bond acceptors (Lipinski definition) is 3. The van der Waals surface area contributed by atoms with E-state index in [1.54, 1.807) is 12.1 Å². The highest BCUT2D eigenvalue weighted by Gasteiger charge is 2.36. The van der Waals surface area contributed by atoms with Crippen molar-refractivity contribution in [3.05, 3.63) is 35.4 Å². The van der Waals surface area contributed by atoms with Crippen LogP contribution in [0.2, 0.25) is 0 Å². The Labute approximate surface area is 82.0 Å². The van der Waals surface area contributed by atoms with Crippen LogP contribution in [0.25, 0.3) is 0 Å². The molecule has 0 radical (unpaired) electrons. The Balaban J connectivity index is 2.46. The Bertz CT molecular complexity index is 357. The first-order chi connectivity index (χ1) is 6.63. The van der Waals surface area contributed by atoms with Gasteiger partial charge in [-0.05, 0) is 12.0 Å². The van der Waals surface area contributed by atoms with Crippen LogP contribution >= 0.6 is 0 Å². The first-order valence-electron chi connectivity index (χ1n) is 4.62. The summed E-state index contributed by atoms with van der Waals surface area (Å²) in [6.07, 6.45) is 1.48. The normalized spacial score (nSPS) is 24.0. The van der Waals surface area contributed by atoms with Gasteiger partial charge in [0, 0.05) is 17.9 Å². The molecule has 1 atom stereocenters. The molecule has 1 aliphatic carbocycles. The van der Waals surface area contributed by atoms with E-state index in [2.05, 4.69) is 0 Å². The summed E-state index contributed by atoms with van der Waals surface area (Å²) in [7, 11) is 0. The van der Waals surface area contributed by atoms with E-state index >= 15 is 0 Å². The predicted octanol–water partition coefficient (Wildman–Crippen LogP) is 0.585. The fourth-order valence-corrected chi connectivity index (χ4v) is 2.02. The first kappa shape index (κ1) is 9.37. The van der Waals surface area contributed by atoms with Gasteiger partial charge in [-0.2, -0.15) is 0 Å². The molecule has 3 nitrogen and oxygen atoms in total. The number of aliphatic hydroxyl groups is 2. The number of hydrogen-bond donors (Lipinski definition) is 2. The second-order valence-electron chi connectivity index (χ2n) is 3.78. The van der Waals surface area contributed by atoms with E-state index in [0.29, 0.717) is 12.0 Å². The van der Waals surface area contributed by atoms with Crippen LogP contribution in [0, 0.1) is 5.92 Å². The van der Waals surface area contributed by atoms with E-state index in [-0.39, 0.29) is 12.3 Å². The molecule has 74 valence electrons. The Hall–Kier alpha value is -1.19. The Kier molecular flexibility index (Phi) is 2.13. The number of aldehydes is 1. The first-order valence-corrected chi connectivity index (χ1v) is 4.62. The fraction of sp³-hybridized carbons (Fsp3) is 0.364. The van der Waals surface area contributed by atoms with E-state index in [4.69, 9.17) is 0 Å². The van der Waals surface area contributed by atoms with Crippen LogP contribution < -0.4 is 0 Å². The largest absolute Gasteiger partial charge is 0.362 e. The summed E-state index contributed by atoms with van der Waals surface area (Å²) >= 11 is 0. The lowest BCUT2D eigenvalue weighted by Crippen LogP contribution is -2.35. The molecule has 0 aromatic heterocycles. The molecular formula is C11H12O3. The zero-order valence-electron chi connectivity index (χ0n) is 7.68. The highest BCUT2D eigenvalue weighted by atomic mass is 16.5. The van der Waals surface area contributed by atoms with Gasteiger partial charge in [-0.15, -0.1) is 0 Å². The van der Waals surface area contributed by atoms with Crippen molar-refractivity contribution >= 4 is 6.29 Å². The minimum atomic E-state index is -1.85. The average molecular weight is 192 g/mol. The molecule has 0 aliphatic heterocycles. The molecule has 0 amide bonds. The molecule has 0 heterocycles. The van der Waals surface area contributed by atoms with E-state index in [1.165, 1.54) is 0 Å². The van der Waals surface area contributed by atoms with Crippen LogP contribution in [-0.4, -0.2) is 16.5 Å². The van der Waals surface area contributed by atoms with Crippen molar-refractivity contribution in [2.24, 2.45) is 5.92 Å². The molecule has 14 heavy (non-hydrogen) atoms. The molecule has 2 N–H and O–H groups in total. The molecule has 1 aromatic rings. The van der Waals surface area contributed by atoms with Gasteiger partial charge in [-0.1, -0.05) is 24.3 Å². The van der Waals surface area contributed by atoms with Crippen LogP contribution in [-0.2, 0) is 17.0 Å². The monoisotopic (exact) mass is 192 g/mol. The molecule has 1 aromatic carbocycles. The number of benzene rings is 1. The molecule has 0 bridgehead atoms. The molecule has 0 spiro atoms. The molecule has 0 saturated carbocycles. The molecule has 1 unspecified atom stereocenters. The molecular weight excluding hydrogens is 180 g/mol. The Morgan fingerprint density at radius 1 is 1.36 bits per heavy atom. The zero-order chi connectivity index (χ0) is 10.2. The summed E-state index contributed by atoms with van der Waals surface area (Å²) < 4.78 is 0. The maximum absolute atomic E-state index is 10.6. The highest BCUT2D eigenvalue weighted by Crippen LogP contribution is 2.35. The van der Waals surface area contributed by atoms with Gasteiger partial charge in [0.05, 0.1) is 0 Å². The summed E-state index contributed by atoms with van der Waals surface area (Å²) in [5.74, 6) is -2.14. The molecule has 0 saturated heterocycles. The smallest absolute Gasteiger partial charge is 0.190 e. The average Bonchev–Trinajstić information content (AvgIpc) is 2.17. The molecule has 3 heteroatoms. The Morgan fingerprint density at radius 3 is 2.79 bits per heavy atom. The minimum Gasteiger partial charge on any atom is -0.362 e. The lowest BCUT2D eigenvalue weighted by atomic mass is 9.80. The van der Waals surface area contributed by atoms with Crippen molar-refractivity contribution in [2.45, 2.75) is 18.6 Å². The zero-order valence-corrected chi connectivity index (χ0v) is 7.68. The van der Waals surface area contributed by atoms with Crippen LogP contribution in [0.5, 0.6) is 0 Å². The van der Waals surface area contributed by atoms with Gasteiger partial charge >= 0.3 is 0 Å². The van der Waals surface area contributed by atoms with Gasteiger partial charge in [0.2, 0.25) is 0 Å². The van der Waals surface area contributed by atoms with Crippen molar-refractivity contribution in [3.63, 3.8) is 0 Å². The standard InChI is InChI=1S/C11H12O3/c12-7-8-5-9-3-1-2-4-10(9)11(13,14)6-8/h1-4,7-8,13-14H,5-6H2. The summed E-state index contributed by atoms with van der Waals surface area (Å²) in [6.45, 7) is 0. The maximum atomic E-state index is 10.6. The fourth-order valence-electron chi connectivity index (χ4n) is 2.02. The predicted molar refractivity (Wildman–Crippen MR) is 50.4 cm³/mol. The quantitative estimate of drug-likeness (QED) is 0.505. The van der Waals surface area contributed by atoms with Crippen LogP contribution in [0.4, 0.5) is 0 Å². The molecule has 0 fully saturated rings. The minimum absolute atomic E-state index is 0.0908. The van der Waals surface area contributed by atoms with Gasteiger partial charge in [-0.3, -0.25) is 0 Å². The highest BCUT2D eigenvalue weighted by molar-refractivity contribution is 5.56. The van der Waals surface area contributed by atoms with Crippen LogP contribution in [0.1, 0.15) is 17.5 Å². The van der Waals surface area contributed by atoms with E-state index in [1.807, 2.05) is 12.1 Å². The topological polar surface area (TPSA) is 57.5 Å². The third-order valence-electron chi connectivity index (χ3n) is 2.67. The number of carbonyl (C=O) groups is 1. The van der Waals surface area contributed by atoms with Crippen molar-refractivity contribution in [2.75, 3.05) is 0 Å². The van der Waals surface area contributed by atoms with Crippen LogP contribution in [0.15, 0.2) is 24.3 Å². The second-order valence-corrected chi connectivity index (χ2v) is 3.78.